The molecule has 2 aromatic heterocycles. The van der Waals surface area contributed by atoms with E-state index >= 15 is 0 Å². The van der Waals surface area contributed by atoms with Gasteiger partial charge in [-0.05, 0) is 33.1 Å². The number of ether oxygens (including phenoxy) is 1. The van der Waals surface area contributed by atoms with Crippen LogP contribution in [-0.2, 0) is 6.54 Å². The van der Waals surface area contributed by atoms with Crippen molar-refractivity contribution >= 4 is 5.91 Å². The third kappa shape index (κ3) is 3.38. The van der Waals surface area contributed by atoms with E-state index in [0.717, 1.165) is 31.6 Å². The molecule has 0 radical (unpaired) electrons. The van der Waals surface area contributed by atoms with Gasteiger partial charge < -0.3 is 14.5 Å². The number of oxazole rings is 1. The molecule has 23 heavy (non-hydrogen) atoms. The molecule has 124 valence electrons. The van der Waals surface area contributed by atoms with Crippen LogP contribution in [0.15, 0.2) is 16.8 Å². The molecular formula is C16H22N4O3. The minimum absolute atomic E-state index is 0.0242. The van der Waals surface area contributed by atoms with Crippen molar-refractivity contribution in [2.75, 3.05) is 0 Å². The van der Waals surface area contributed by atoms with Crippen LogP contribution in [-0.4, -0.2) is 32.8 Å². The van der Waals surface area contributed by atoms with Crippen molar-refractivity contribution in [3.8, 4) is 5.75 Å². The fourth-order valence-corrected chi connectivity index (χ4v) is 2.96. The lowest BCUT2D eigenvalue weighted by molar-refractivity contribution is 0.0888. The smallest absolute Gasteiger partial charge is 0.273 e. The van der Waals surface area contributed by atoms with E-state index < -0.39 is 0 Å². The van der Waals surface area contributed by atoms with Crippen LogP contribution in [0.5, 0.6) is 5.75 Å². The number of nitrogens with zero attached hydrogens (tertiary/aromatic N) is 3. The quantitative estimate of drug-likeness (QED) is 0.914. The van der Waals surface area contributed by atoms with Crippen LogP contribution in [0.4, 0.5) is 0 Å². The van der Waals surface area contributed by atoms with Crippen molar-refractivity contribution in [1.29, 1.82) is 0 Å². The fraction of sp³-hybridized carbons (Fsp3) is 0.562. The molecule has 0 saturated heterocycles. The molecule has 0 unspecified atom stereocenters. The van der Waals surface area contributed by atoms with E-state index in [4.69, 9.17) is 9.15 Å². The first-order valence-corrected chi connectivity index (χ1v) is 8.01. The van der Waals surface area contributed by atoms with E-state index in [2.05, 4.69) is 15.4 Å². The Morgan fingerprint density at radius 1 is 1.48 bits per heavy atom. The van der Waals surface area contributed by atoms with Crippen LogP contribution in [0.1, 0.15) is 48.3 Å². The van der Waals surface area contributed by atoms with Gasteiger partial charge in [-0.1, -0.05) is 0 Å². The first kappa shape index (κ1) is 15.6. The van der Waals surface area contributed by atoms with Crippen LogP contribution >= 0.6 is 0 Å². The molecule has 0 spiro atoms. The summed E-state index contributed by atoms with van der Waals surface area (Å²) in [6.07, 6.45) is 6.39. The van der Waals surface area contributed by atoms with Gasteiger partial charge in [0, 0.05) is 13.5 Å². The lowest BCUT2D eigenvalue weighted by atomic mass is 10.2. The van der Waals surface area contributed by atoms with E-state index in [-0.39, 0.29) is 18.1 Å². The molecule has 7 heteroatoms. The molecule has 1 aliphatic carbocycles. The number of hydrogen-bond donors (Lipinski definition) is 1. The number of aryl methyl sites for hydroxylation is 3. The molecule has 0 bridgehead atoms. The van der Waals surface area contributed by atoms with Crippen molar-refractivity contribution in [3.63, 3.8) is 0 Å². The molecule has 1 saturated carbocycles. The number of carbonyl (C=O) groups excluding carboxylic acids is 1. The number of amides is 1. The molecule has 1 amide bonds. The predicted octanol–water partition coefficient (Wildman–Crippen LogP) is 2.24. The summed E-state index contributed by atoms with van der Waals surface area (Å²) in [5.74, 6) is 1.58. The number of rotatable bonds is 5. The molecule has 0 aromatic carbocycles. The number of aromatic nitrogens is 3. The van der Waals surface area contributed by atoms with Gasteiger partial charge >= 0.3 is 0 Å². The van der Waals surface area contributed by atoms with Gasteiger partial charge in [-0.2, -0.15) is 5.10 Å². The second-order valence-corrected chi connectivity index (χ2v) is 5.84. The Labute approximate surface area is 135 Å². The van der Waals surface area contributed by atoms with Gasteiger partial charge in [0.25, 0.3) is 5.91 Å². The molecule has 1 N–H and O–H groups in total. The number of nitrogens with one attached hydrogen (secondary N) is 1. The van der Waals surface area contributed by atoms with E-state index in [1.807, 2.05) is 17.8 Å². The highest BCUT2D eigenvalue weighted by atomic mass is 16.5. The predicted molar refractivity (Wildman–Crippen MR) is 83.4 cm³/mol. The summed E-state index contributed by atoms with van der Waals surface area (Å²) in [5.41, 5.74) is 0.354. The minimum atomic E-state index is -0.205. The van der Waals surface area contributed by atoms with Gasteiger partial charge in [-0.3, -0.25) is 9.48 Å². The third-order valence-electron chi connectivity index (χ3n) is 4.11. The van der Waals surface area contributed by atoms with Gasteiger partial charge in [0.1, 0.15) is 11.9 Å². The van der Waals surface area contributed by atoms with Crippen molar-refractivity contribution in [3.05, 3.63) is 29.7 Å². The average molecular weight is 318 g/mol. The maximum absolute atomic E-state index is 12.4. The van der Waals surface area contributed by atoms with Crippen LogP contribution in [0, 0.1) is 13.8 Å². The fourth-order valence-electron chi connectivity index (χ4n) is 2.96. The van der Waals surface area contributed by atoms with Gasteiger partial charge in [0.05, 0.1) is 18.4 Å². The van der Waals surface area contributed by atoms with E-state index in [0.29, 0.717) is 17.3 Å². The van der Waals surface area contributed by atoms with Gasteiger partial charge in [-0.25, -0.2) is 4.98 Å². The number of hydrogen-bond acceptors (Lipinski definition) is 5. The second-order valence-electron chi connectivity index (χ2n) is 5.84. The van der Waals surface area contributed by atoms with Crippen molar-refractivity contribution in [2.45, 2.75) is 58.7 Å². The van der Waals surface area contributed by atoms with Crippen molar-refractivity contribution < 1.29 is 13.9 Å². The summed E-state index contributed by atoms with van der Waals surface area (Å²) in [7, 11) is 0. The summed E-state index contributed by atoms with van der Waals surface area (Å²) >= 11 is 0. The minimum Gasteiger partial charge on any atom is -0.485 e. The Morgan fingerprint density at radius 2 is 2.30 bits per heavy atom. The van der Waals surface area contributed by atoms with Crippen molar-refractivity contribution in [2.24, 2.45) is 0 Å². The van der Waals surface area contributed by atoms with E-state index in [1.165, 1.54) is 0 Å². The first-order valence-electron chi connectivity index (χ1n) is 8.01. The molecule has 1 fully saturated rings. The third-order valence-corrected chi connectivity index (χ3v) is 4.11. The highest BCUT2D eigenvalue weighted by Crippen LogP contribution is 2.25. The molecule has 0 aliphatic heterocycles. The van der Waals surface area contributed by atoms with E-state index in [9.17, 15) is 4.79 Å². The standard InChI is InChI=1S/C16H22N4O3/c1-4-20-9-12(8-17-20)23-14-7-5-6-13(14)19-16(21)15-10(2)22-11(3)18-15/h8-9,13-14H,4-7H2,1-3H3,(H,19,21)/t13-,14+/m0/s1. The Kier molecular flexibility index (Phi) is 4.36. The molecular weight excluding hydrogens is 296 g/mol. The molecule has 2 aromatic rings. The van der Waals surface area contributed by atoms with E-state index in [1.54, 1.807) is 20.0 Å². The van der Waals surface area contributed by atoms with Gasteiger partial charge in [0.15, 0.2) is 17.3 Å². The topological polar surface area (TPSA) is 82.2 Å². The summed E-state index contributed by atoms with van der Waals surface area (Å²) in [6.45, 7) is 6.31. The maximum atomic E-state index is 12.4. The molecule has 1 aliphatic rings. The zero-order chi connectivity index (χ0) is 16.4. The summed E-state index contributed by atoms with van der Waals surface area (Å²) in [6, 6.07) is -0.0242. The monoisotopic (exact) mass is 318 g/mol. The largest absolute Gasteiger partial charge is 0.485 e. The Bertz CT molecular complexity index is 691. The Morgan fingerprint density at radius 3 is 2.96 bits per heavy atom. The normalized spacial score (nSPS) is 20.7. The Hall–Kier alpha value is -2.31. The summed E-state index contributed by atoms with van der Waals surface area (Å²) in [4.78, 5) is 16.5. The van der Waals surface area contributed by atoms with Crippen LogP contribution in [0.3, 0.4) is 0 Å². The lowest BCUT2D eigenvalue weighted by Gasteiger charge is -2.21. The van der Waals surface area contributed by atoms with Crippen LogP contribution < -0.4 is 10.1 Å². The van der Waals surface area contributed by atoms with Gasteiger partial charge in [0.2, 0.25) is 0 Å². The molecule has 2 atom stereocenters. The van der Waals surface area contributed by atoms with Crippen LogP contribution in [0.25, 0.3) is 0 Å². The van der Waals surface area contributed by atoms with Gasteiger partial charge in [-0.15, -0.1) is 0 Å². The van der Waals surface area contributed by atoms with Crippen LogP contribution in [0.2, 0.25) is 0 Å². The SMILES string of the molecule is CCn1cc(O[C@@H]2CCC[C@@H]2NC(=O)c2nc(C)oc2C)cn1. The zero-order valence-electron chi connectivity index (χ0n) is 13.7. The molecule has 7 nitrogen and oxygen atoms in total. The second kappa shape index (κ2) is 6.44. The summed E-state index contributed by atoms with van der Waals surface area (Å²) in [5, 5.41) is 7.23. The first-order chi connectivity index (χ1) is 11.1. The molecule has 2 heterocycles. The highest BCUT2D eigenvalue weighted by Gasteiger charge is 2.32. The average Bonchev–Trinajstić information content (AvgIpc) is 3.21. The number of carbonyl (C=O) groups is 1. The Balaban J connectivity index is 1.64. The lowest BCUT2D eigenvalue weighted by Crippen LogP contribution is -2.42. The van der Waals surface area contributed by atoms with Crippen molar-refractivity contribution in [1.82, 2.24) is 20.1 Å². The molecule has 3 rings (SSSR count). The summed E-state index contributed by atoms with van der Waals surface area (Å²) < 4.78 is 13.1. The maximum Gasteiger partial charge on any atom is 0.273 e. The zero-order valence-corrected chi connectivity index (χ0v) is 13.7. The highest BCUT2D eigenvalue weighted by molar-refractivity contribution is 5.93.